The Morgan fingerprint density at radius 2 is 1.39 bits per heavy atom. The van der Waals surface area contributed by atoms with Gasteiger partial charge in [-0.1, -0.05) is 140 Å². The zero-order chi connectivity index (χ0) is 36.2. The van der Waals surface area contributed by atoms with Gasteiger partial charge in [-0.3, -0.25) is 0 Å². The van der Waals surface area contributed by atoms with Crippen molar-refractivity contribution in [2.75, 3.05) is 0 Å². The van der Waals surface area contributed by atoms with Crippen molar-refractivity contribution in [3.63, 3.8) is 0 Å². The monoisotopic (exact) mass is 701 g/mol. The molecule has 10 rings (SSSR count). The second-order valence-electron chi connectivity index (χ2n) is 14.8. The Morgan fingerprint density at radius 3 is 2.26 bits per heavy atom. The number of hydrogen-bond acceptors (Lipinski definition) is 5. The molecule has 0 fully saturated rings. The van der Waals surface area contributed by atoms with Gasteiger partial charge in [0.25, 0.3) is 0 Å². The summed E-state index contributed by atoms with van der Waals surface area (Å²) in [5.41, 5.74) is 8.51. The molecular weight excluding hydrogens is 663 g/mol. The van der Waals surface area contributed by atoms with Gasteiger partial charge in [-0.2, -0.15) is 0 Å². The molecule has 3 atom stereocenters. The van der Waals surface area contributed by atoms with Crippen molar-refractivity contribution < 1.29 is 8.83 Å². The van der Waals surface area contributed by atoms with Gasteiger partial charge in [0.1, 0.15) is 22.3 Å². The summed E-state index contributed by atoms with van der Waals surface area (Å²) in [6, 6.07) is 27.1. The van der Waals surface area contributed by atoms with E-state index in [9.17, 15) is 0 Å². The summed E-state index contributed by atoms with van der Waals surface area (Å²) in [4.78, 5) is 15.8. The van der Waals surface area contributed by atoms with Crippen molar-refractivity contribution in [2.45, 2.75) is 33.1 Å². The van der Waals surface area contributed by atoms with Crippen LogP contribution < -0.4 is 0 Å². The number of allylic oxidation sites excluding steroid dienone is 14. The highest BCUT2D eigenvalue weighted by Gasteiger charge is 2.41. The van der Waals surface area contributed by atoms with E-state index >= 15 is 0 Å². The third kappa shape index (κ3) is 5.26. The van der Waals surface area contributed by atoms with Crippen molar-refractivity contribution >= 4 is 55.0 Å². The molecule has 262 valence electrons. The zero-order valence-electron chi connectivity index (χ0n) is 30.4. The van der Waals surface area contributed by atoms with Gasteiger partial charge >= 0.3 is 0 Å². The predicted molar refractivity (Wildman–Crippen MR) is 222 cm³/mol. The third-order valence-corrected chi connectivity index (χ3v) is 11.4. The molecule has 0 saturated heterocycles. The van der Waals surface area contributed by atoms with Crippen LogP contribution in [-0.2, 0) is 0 Å². The van der Waals surface area contributed by atoms with E-state index in [4.69, 9.17) is 23.8 Å². The molecule has 3 heterocycles. The molecular formula is C49H39N3O2. The molecule has 3 aliphatic carbocycles. The zero-order valence-corrected chi connectivity index (χ0v) is 30.4. The predicted octanol–water partition coefficient (Wildman–Crippen LogP) is 13.0. The van der Waals surface area contributed by atoms with Gasteiger partial charge < -0.3 is 8.83 Å². The molecule has 7 aromatic rings. The van der Waals surface area contributed by atoms with Gasteiger partial charge in [-0.15, -0.1) is 0 Å². The van der Waals surface area contributed by atoms with Gasteiger partial charge in [-0.05, 0) is 61.3 Å². The normalized spacial score (nSPS) is 21.2. The Bertz CT molecular complexity index is 2860. The van der Waals surface area contributed by atoms with Gasteiger partial charge in [0.05, 0.1) is 0 Å². The van der Waals surface area contributed by atoms with Crippen molar-refractivity contribution in [3.05, 3.63) is 163 Å². The van der Waals surface area contributed by atoms with E-state index in [1.807, 2.05) is 30.3 Å². The lowest BCUT2D eigenvalue weighted by atomic mass is 9.61. The summed E-state index contributed by atoms with van der Waals surface area (Å²) in [5, 5.41) is 4.18. The van der Waals surface area contributed by atoms with E-state index in [-0.39, 0.29) is 17.3 Å². The van der Waals surface area contributed by atoms with E-state index < -0.39 is 0 Å². The smallest absolute Gasteiger partial charge is 0.164 e. The molecule has 5 nitrogen and oxygen atoms in total. The fourth-order valence-electron chi connectivity index (χ4n) is 8.72. The van der Waals surface area contributed by atoms with Crippen molar-refractivity contribution in [1.29, 1.82) is 0 Å². The minimum absolute atomic E-state index is 0.0334. The summed E-state index contributed by atoms with van der Waals surface area (Å²) in [7, 11) is 0. The summed E-state index contributed by atoms with van der Waals surface area (Å²) < 4.78 is 13.1. The van der Waals surface area contributed by atoms with Crippen LogP contribution in [0.25, 0.3) is 77.5 Å². The van der Waals surface area contributed by atoms with Crippen LogP contribution in [0.15, 0.2) is 161 Å². The maximum absolute atomic E-state index is 6.80. The summed E-state index contributed by atoms with van der Waals surface area (Å²) >= 11 is 0. The SMILES string of the molecule is C/C=C\C=C/C1(C)CC=C(c2nc(C3=CCCC=C3)nc(-c3cccc4oc5c(-c6cccc7oc8ccccc8c67)cccc5c34)n2)C2C=CC=CC21. The van der Waals surface area contributed by atoms with Crippen LogP contribution in [-0.4, -0.2) is 15.0 Å². The van der Waals surface area contributed by atoms with Crippen LogP contribution >= 0.6 is 0 Å². The highest BCUT2D eigenvalue weighted by molar-refractivity contribution is 6.19. The van der Waals surface area contributed by atoms with Gasteiger partial charge in [0.2, 0.25) is 0 Å². The van der Waals surface area contributed by atoms with Crippen LogP contribution in [0.2, 0.25) is 0 Å². The number of aromatic nitrogens is 3. The number of rotatable bonds is 6. The summed E-state index contributed by atoms with van der Waals surface area (Å²) in [5.74, 6) is 2.48. The lowest BCUT2D eigenvalue weighted by molar-refractivity contribution is 0.266. The van der Waals surface area contributed by atoms with E-state index in [0.29, 0.717) is 11.6 Å². The van der Waals surface area contributed by atoms with E-state index in [2.05, 4.69) is 135 Å². The first-order valence-electron chi connectivity index (χ1n) is 18.9. The van der Waals surface area contributed by atoms with Crippen LogP contribution in [0.5, 0.6) is 0 Å². The average molecular weight is 702 g/mol. The van der Waals surface area contributed by atoms with Gasteiger partial charge in [0, 0.05) is 49.7 Å². The van der Waals surface area contributed by atoms with Crippen LogP contribution in [0, 0.1) is 17.3 Å². The Kier molecular flexibility index (Phi) is 7.76. The standard InChI is InChI=1S/C49H39N3O2/c1-3-4-12-29-49(2)30-28-35(32-18-8-10-24-39(32)49)47-50-46(31-16-6-5-7-17-31)51-48(52-47)38-23-15-27-42-44(38)37-22-13-21-34(45(37)54-42)33-20-14-26-41-43(33)36-19-9-11-25-40(36)53-41/h3-4,6,8-29,32,39H,5,7,30H2,1-2H3/b4-3-,29-12-. The van der Waals surface area contributed by atoms with Crippen molar-refractivity contribution in [3.8, 4) is 22.5 Å². The first-order valence-corrected chi connectivity index (χ1v) is 18.9. The summed E-state index contributed by atoms with van der Waals surface area (Å²) in [6.45, 7) is 4.41. The molecule has 3 aliphatic rings. The molecule has 54 heavy (non-hydrogen) atoms. The maximum atomic E-state index is 6.80. The minimum Gasteiger partial charge on any atom is -0.456 e. The molecule has 0 N–H and O–H groups in total. The number of nitrogens with zero attached hydrogens (tertiary/aromatic N) is 3. The second-order valence-corrected chi connectivity index (χ2v) is 14.8. The van der Waals surface area contributed by atoms with Gasteiger partial charge in [-0.25, -0.2) is 15.0 Å². The van der Waals surface area contributed by atoms with E-state index in [1.54, 1.807) is 0 Å². The Labute approximate surface area is 314 Å². The molecule has 5 heteroatoms. The largest absolute Gasteiger partial charge is 0.456 e. The van der Waals surface area contributed by atoms with Crippen molar-refractivity contribution in [2.24, 2.45) is 17.3 Å². The van der Waals surface area contributed by atoms with Crippen LogP contribution in [0.4, 0.5) is 0 Å². The average Bonchev–Trinajstić information content (AvgIpc) is 3.80. The maximum Gasteiger partial charge on any atom is 0.164 e. The third-order valence-electron chi connectivity index (χ3n) is 11.4. The quantitative estimate of drug-likeness (QED) is 0.162. The molecule has 3 unspecified atom stereocenters. The molecule has 0 saturated carbocycles. The van der Waals surface area contributed by atoms with E-state index in [0.717, 1.165) is 96.8 Å². The number of para-hydroxylation sites is 2. The highest BCUT2D eigenvalue weighted by atomic mass is 16.3. The highest BCUT2D eigenvalue weighted by Crippen LogP contribution is 2.50. The topological polar surface area (TPSA) is 65.0 Å². The Hall–Kier alpha value is -6.33. The fourth-order valence-corrected chi connectivity index (χ4v) is 8.72. The fraction of sp³-hybridized carbons (Fsp3) is 0.163. The molecule has 0 amide bonds. The number of benzene rings is 4. The first-order chi connectivity index (χ1) is 26.6. The lowest BCUT2D eigenvalue weighted by Crippen LogP contribution is -2.34. The summed E-state index contributed by atoms with van der Waals surface area (Å²) in [6.07, 6.45) is 29.6. The molecule has 0 bridgehead atoms. The van der Waals surface area contributed by atoms with E-state index in [1.165, 1.54) is 0 Å². The minimum atomic E-state index is -0.0334. The Balaban J connectivity index is 1.16. The number of furan rings is 2. The van der Waals surface area contributed by atoms with Crippen LogP contribution in [0.3, 0.4) is 0 Å². The van der Waals surface area contributed by atoms with Crippen molar-refractivity contribution in [1.82, 2.24) is 15.0 Å². The second kappa shape index (κ2) is 13.0. The van der Waals surface area contributed by atoms with Gasteiger partial charge in [0.15, 0.2) is 17.5 Å². The Morgan fingerprint density at radius 1 is 0.667 bits per heavy atom. The molecule has 0 radical (unpaired) electrons. The van der Waals surface area contributed by atoms with Crippen LogP contribution in [0.1, 0.15) is 44.8 Å². The lowest BCUT2D eigenvalue weighted by Gasteiger charge is -2.42. The number of fused-ring (bicyclic) bond motifs is 7. The first kappa shape index (κ1) is 32.3. The molecule has 0 spiro atoms. The number of hydrogen-bond donors (Lipinski definition) is 0. The molecule has 0 aliphatic heterocycles. The molecule has 3 aromatic heterocycles. The molecule has 4 aromatic carbocycles.